The summed E-state index contributed by atoms with van der Waals surface area (Å²) in [6.45, 7) is 12.0. The summed E-state index contributed by atoms with van der Waals surface area (Å²) >= 11 is 0. The number of hydrogen-bond acceptors (Lipinski definition) is 4. The van der Waals surface area contributed by atoms with Gasteiger partial charge in [0.25, 0.3) is 0 Å². The van der Waals surface area contributed by atoms with Gasteiger partial charge in [-0.15, -0.1) is 0 Å². The van der Waals surface area contributed by atoms with Crippen LogP contribution in [0, 0.1) is 0 Å². The van der Waals surface area contributed by atoms with E-state index in [4.69, 9.17) is 9.47 Å². The zero-order valence-electron chi connectivity index (χ0n) is 19.2. The molecule has 1 aromatic carbocycles. The largest absolute Gasteiger partial charge is 0.494 e. The highest BCUT2D eigenvalue weighted by atomic mass is 16.5. The van der Waals surface area contributed by atoms with E-state index in [0.29, 0.717) is 18.7 Å². The van der Waals surface area contributed by atoms with Crippen LogP contribution < -0.4 is 15.4 Å². The van der Waals surface area contributed by atoms with E-state index in [9.17, 15) is 0 Å². The van der Waals surface area contributed by atoms with E-state index in [1.165, 1.54) is 5.56 Å². The maximum atomic E-state index is 5.69. The molecule has 168 valence electrons. The van der Waals surface area contributed by atoms with Crippen LogP contribution in [0.2, 0.25) is 0 Å². The van der Waals surface area contributed by atoms with Crippen LogP contribution in [0.25, 0.3) is 0 Å². The average molecular weight is 417 g/mol. The summed E-state index contributed by atoms with van der Waals surface area (Å²) in [7, 11) is 1.87. The van der Waals surface area contributed by atoms with E-state index in [1.807, 2.05) is 14.0 Å². The van der Waals surface area contributed by atoms with Gasteiger partial charge in [0.2, 0.25) is 0 Å². The van der Waals surface area contributed by atoms with Gasteiger partial charge in [-0.05, 0) is 64.2 Å². The minimum absolute atomic E-state index is 0.0572. The van der Waals surface area contributed by atoms with Crippen LogP contribution in [0.5, 0.6) is 5.75 Å². The van der Waals surface area contributed by atoms with Crippen LogP contribution >= 0.6 is 0 Å². The van der Waals surface area contributed by atoms with E-state index in [2.05, 4.69) is 58.6 Å². The first-order valence-corrected chi connectivity index (χ1v) is 11.6. The lowest BCUT2D eigenvalue weighted by atomic mass is 9.74. The molecule has 1 aromatic rings. The van der Waals surface area contributed by atoms with Crippen molar-refractivity contribution in [3.05, 3.63) is 29.8 Å². The van der Waals surface area contributed by atoms with Crippen molar-refractivity contribution in [2.45, 2.75) is 64.0 Å². The van der Waals surface area contributed by atoms with Crippen molar-refractivity contribution in [3.8, 4) is 5.75 Å². The lowest BCUT2D eigenvalue weighted by molar-refractivity contribution is 0.0513. The number of benzene rings is 1. The number of aliphatic imine (C=N–C) groups is 1. The van der Waals surface area contributed by atoms with Crippen molar-refractivity contribution in [2.75, 3.05) is 46.5 Å². The lowest BCUT2D eigenvalue weighted by Crippen LogP contribution is -2.52. The summed E-state index contributed by atoms with van der Waals surface area (Å²) < 4.78 is 11.3. The summed E-state index contributed by atoms with van der Waals surface area (Å²) in [6, 6.07) is 9.73. The number of ether oxygens (including phenoxy) is 2. The molecule has 30 heavy (non-hydrogen) atoms. The fourth-order valence-electron chi connectivity index (χ4n) is 4.60. The van der Waals surface area contributed by atoms with Gasteiger partial charge in [0.15, 0.2) is 5.96 Å². The Labute approximate surface area is 182 Å². The molecule has 6 nitrogen and oxygen atoms in total. The summed E-state index contributed by atoms with van der Waals surface area (Å²) in [5.41, 5.74) is 1.41. The highest BCUT2D eigenvalue weighted by Crippen LogP contribution is 2.35. The Hall–Kier alpha value is -1.79. The fourth-order valence-corrected chi connectivity index (χ4v) is 4.60. The second-order valence-corrected chi connectivity index (χ2v) is 8.82. The van der Waals surface area contributed by atoms with Crippen LogP contribution in [0.4, 0.5) is 0 Å². The molecular formula is C24H40N4O2. The Balaban J connectivity index is 1.60. The van der Waals surface area contributed by atoms with Crippen LogP contribution in [-0.2, 0) is 10.2 Å². The van der Waals surface area contributed by atoms with Gasteiger partial charge in [-0.2, -0.15) is 0 Å². The number of piperidine rings is 1. The summed E-state index contributed by atoms with van der Waals surface area (Å²) in [4.78, 5) is 7.07. The number of likely N-dealkylation sites (tertiary alicyclic amines) is 1. The second-order valence-electron chi connectivity index (χ2n) is 8.82. The van der Waals surface area contributed by atoms with E-state index < -0.39 is 0 Å². The van der Waals surface area contributed by atoms with E-state index in [1.54, 1.807) is 0 Å². The molecular weight excluding hydrogens is 376 g/mol. The summed E-state index contributed by atoms with van der Waals surface area (Å²) in [6.07, 6.45) is 4.35. The first-order chi connectivity index (χ1) is 14.6. The van der Waals surface area contributed by atoms with Crippen molar-refractivity contribution in [1.82, 2.24) is 15.5 Å². The van der Waals surface area contributed by atoms with E-state index in [0.717, 1.165) is 70.2 Å². The van der Waals surface area contributed by atoms with Gasteiger partial charge in [-0.3, -0.25) is 4.99 Å². The van der Waals surface area contributed by atoms with E-state index in [-0.39, 0.29) is 5.41 Å². The van der Waals surface area contributed by atoms with Gasteiger partial charge in [-0.1, -0.05) is 12.1 Å². The quantitative estimate of drug-likeness (QED) is 0.528. The standard InChI is InChI=1S/C24H40N4O2/c1-5-30-22-8-6-20(7-9-22)24(12-16-29-17-13-24)18-26-23(25-4)27-21-10-14-28(15-11-21)19(2)3/h6-9,19,21H,5,10-18H2,1-4H3,(H2,25,26,27). The molecule has 0 atom stereocenters. The smallest absolute Gasteiger partial charge is 0.191 e. The molecule has 0 aliphatic carbocycles. The number of rotatable bonds is 7. The Bertz CT molecular complexity index is 660. The van der Waals surface area contributed by atoms with Crippen molar-refractivity contribution in [1.29, 1.82) is 0 Å². The highest BCUT2D eigenvalue weighted by Gasteiger charge is 2.35. The number of nitrogens with zero attached hydrogens (tertiary/aromatic N) is 2. The Morgan fingerprint density at radius 3 is 2.43 bits per heavy atom. The first kappa shape index (κ1) is 22.9. The molecule has 0 amide bonds. The van der Waals surface area contributed by atoms with Gasteiger partial charge >= 0.3 is 0 Å². The zero-order chi connectivity index (χ0) is 21.4. The molecule has 2 fully saturated rings. The number of hydrogen-bond donors (Lipinski definition) is 2. The van der Waals surface area contributed by atoms with Crippen molar-refractivity contribution >= 4 is 5.96 Å². The maximum absolute atomic E-state index is 5.69. The Morgan fingerprint density at radius 2 is 1.87 bits per heavy atom. The number of nitrogens with one attached hydrogen (secondary N) is 2. The normalized spacial score (nSPS) is 20.9. The average Bonchev–Trinajstić information content (AvgIpc) is 2.78. The fraction of sp³-hybridized carbons (Fsp3) is 0.708. The van der Waals surface area contributed by atoms with Gasteiger partial charge in [0.05, 0.1) is 6.61 Å². The molecule has 2 saturated heterocycles. The molecule has 0 spiro atoms. The van der Waals surface area contributed by atoms with Crippen molar-refractivity contribution < 1.29 is 9.47 Å². The minimum atomic E-state index is 0.0572. The van der Waals surface area contributed by atoms with Crippen LogP contribution in [-0.4, -0.2) is 69.4 Å². The van der Waals surface area contributed by atoms with Gasteiger partial charge in [0.1, 0.15) is 5.75 Å². The molecule has 6 heteroatoms. The molecule has 0 aromatic heterocycles. The third-order valence-corrected chi connectivity index (χ3v) is 6.65. The first-order valence-electron chi connectivity index (χ1n) is 11.6. The van der Waals surface area contributed by atoms with Crippen LogP contribution in [0.15, 0.2) is 29.3 Å². The second kappa shape index (κ2) is 11.0. The Kier molecular flexibility index (Phi) is 8.40. The topological polar surface area (TPSA) is 58.1 Å². The lowest BCUT2D eigenvalue weighted by Gasteiger charge is -2.39. The van der Waals surface area contributed by atoms with Crippen LogP contribution in [0.3, 0.4) is 0 Å². The third-order valence-electron chi connectivity index (χ3n) is 6.65. The van der Waals surface area contributed by atoms with Gasteiger partial charge in [-0.25, -0.2) is 0 Å². The minimum Gasteiger partial charge on any atom is -0.494 e. The van der Waals surface area contributed by atoms with E-state index >= 15 is 0 Å². The van der Waals surface area contributed by atoms with Crippen molar-refractivity contribution in [2.24, 2.45) is 4.99 Å². The van der Waals surface area contributed by atoms with Gasteiger partial charge in [0, 0.05) is 57.4 Å². The third kappa shape index (κ3) is 5.88. The zero-order valence-corrected chi connectivity index (χ0v) is 19.2. The SMILES string of the molecule is CCOc1ccc(C2(CNC(=NC)NC3CCN(C(C)C)CC3)CCOCC2)cc1. The van der Waals surface area contributed by atoms with Crippen molar-refractivity contribution in [3.63, 3.8) is 0 Å². The summed E-state index contributed by atoms with van der Waals surface area (Å²) in [5, 5.41) is 7.30. The molecule has 2 heterocycles. The molecule has 0 bridgehead atoms. The molecule has 0 unspecified atom stereocenters. The van der Waals surface area contributed by atoms with Crippen LogP contribution in [0.1, 0.15) is 52.0 Å². The molecule has 2 aliphatic rings. The summed E-state index contributed by atoms with van der Waals surface area (Å²) in [5.74, 6) is 1.84. The molecule has 2 N–H and O–H groups in total. The van der Waals surface area contributed by atoms with Gasteiger partial charge < -0.3 is 25.0 Å². The maximum Gasteiger partial charge on any atom is 0.191 e. The highest BCUT2D eigenvalue weighted by molar-refractivity contribution is 5.80. The Morgan fingerprint density at radius 1 is 1.20 bits per heavy atom. The number of guanidine groups is 1. The molecule has 3 rings (SSSR count). The molecule has 0 saturated carbocycles. The molecule has 2 aliphatic heterocycles. The predicted molar refractivity (Wildman–Crippen MR) is 124 cm³/mol. The molecule has 0 radical (unpaired) electrons. The predicted octanol–water partition coefficient (Wildman–Crippen LogP) is 3.17. The monoisotopic (exact) mass is 416 g/mol.